The zero-order chi connectivity index (χ0) is 19.3. The van der Waals surface area contributed by atoms with Crippen molar-refractivity contribution in [2.24, 2.45) is 7.05 Å². The maximum atomic E-state index is 13.6. The SMILES string of the molecule is CC(C)n1c(=O)n(C)c2cc(-c3c(-c4cccc(F)c4)noc3N)ccc21. The van der Waals surface area contributed by atoms with Gasteiger partial charge in [0.1, 0.15) is 11.5 Å². The Bertz CT molecular complexity index is 1220. The molecule has 138 valence electrons. The molecule has 0 saturated heterocycles. The summed E-state index contributed by atoms with van der Waals surface area (Å²) in [5.74, 6) is -0.228. The number of aromatic nitrogens is 3. The van der Waals surface area contributed by atoms with E-state index in [1.54, 1.807) is 28.3 Å². The van der Waals surface area contributed by atoms with Gasteiger partial charge in [-0.05, 0) is 43.7 Å². The quantitative estimate of drug-likeness (QED) is 0.595. The number of fused-ring (bicyclic) bond motifs is 1. The normalized spacial score (nSPS) is 11.6. The number of halogens is 1. The summed E-state index contributed by atoms with van der Waals surface area (Å²) >= 11 is 0. The Morgan fingerprint density at radius 2 is 1.89 bits per heavy atom. The third-order valence-corrected chi connectivity index (χ3v) is 4.71. The number of rotatable bonds is 3. The molecule has 27 heavy (non-hydrogen) atoms. The Kier molecular flexibility index (Phi) is 3.87. The van der Waals surface area contributed by atoms with Gasteiger partial charge in [-0.2, -0.15) is 0 Å². The monoisotopic (exact) mass is 366 g/mol. The predicted molar refractivity (Wildman–Crippen MR) is 103 cm³/mol. The van der Waals surface area contributed by atoms with Gasteiger partial charge in [-0.1, -0.05) is 23.4 Å². The van der Waals surface area contributed by atoms with Crippen molar-refractivity contribution in [1.82, 2.24) is 14.3 Å². The highest BCUT2D eigenvalue weighted by Crippen LogP contribution is 2.37. The lowest BCUT2D eigenvalue weighted by atomic mass is 10.0. The minimum atomic E-state index is -0.369. The molecule has 0 saturated carbocycles. The largest absolute Gasteiger partial charge is 0.367 e. The summed E-state index contributed by atoms with van der Waals surface area (Å²) in [6, 6.07) is 11.8. The molecule has 0 aliphatic heterocycles. The number of benzene rings is 2. The van der Waals surface area contributed by atoms with Crippen molar-refractivity contribution in [2.45, 2.75) is 19.9 Å². The van der Waals surface area contributed by atoms with Crippen molar-refractivity contribution in [3.63, 3.8) is 0 Å². The summed E-state index contributed by atoms with van der Waals surface area (Å²) < 4.78 is 22.2. The van der Waals surface area contributed by atoms with E-state index in [1.807, 2.05) is 32.0 Å². The van der Waals surface area contributed by atoms with Crippen molar-refractivity contribution in [3.8, 4) is 22.4 Å². The Labute approximate surface area is 154 Å². The maximum Gasteiger partial charge on any atom is 0.329 e. The minimum Gasteiger partial charge on any atom is -0.367 e. The van der Waals surface area contributed by atoms with Gasteiger partial charge in [-0.25, -0.2) is 9.18 Å². The summed E-state index contributed by atoms with van der Waals surface area (Å²) in [4.78, 5) is 12.5. The van der Waals surface area contributed by atoms with E-state index in [-0.39, 0.29) is 23.4 Å². The maximum absolute atomic E-state index is 13.6. The molecule has 2 N–H and O–H groups in total. The van der Waals surface area contributed by atoms with Gasteiger partial charge in [-0.3, -0.25) is 9.13 Å². The summed E-state index contributed by atoms with van der Waals surface area (Å²) in [6.07, 6.45) is 0. The third-order valence-electron chi connectivity index (χ3n) is 4.71. The molecule has 6 nitrogen and oxygen atoms in total. The molecule has 0 radical (unpaired) electrons. The van der Waals surface area contributed by atoms with Gasteiger partial charge in [0.2, 0.25) is 5.88 Å². The average Bonchev–Trinajstić information content (AvgIpc) is 3.13. The fraction of sp³-hybridized carbons (Fsp3) is 0.200. The molecule has 7 heteroatoms. The number of aryl methyl sites for hydroxylation is 1. The molecular weight excluding hydrogens is 347 g/mol. The Balaban J connectivity index is 1.95. The van der Waals surface area contributed by atoms with Crippen LogP contribution in [0.1, 0.15) is 19.9 Å². The van der Waals surface area contributed by atoms with E-state index < -0.39 is 0 Å². The first kappa shape index (κ1) is 17.1. The molecule has 0 bridgehead atoms. The molecule has 0 aliphatic rings. The van der Waals surface area contributed by atoms with Crippen LogP contribution in [0.5, 0.6) is 0 Å². The van der Waals surface area contributed by atoms with Gasteiger partial charge in [-0.15, -0.1) is 0 Å². The molecule has 0 fully saturated rings. The second-order valence-corrected chi connectivity index (χ2v) is 6.79. The lowest BCUT2D eigenvalue weighted by Crippen LogP contribution is -2.23. The number of anilines is 1. The molecule has 0 atom stereocenters. The van der Waals surface area contributed by atoms with Gasteiger partial charge in [0.15, 0.2) is 0 Å². The first-order chi connectivity index (χ1) is 12.9. The van der Waals surface area contributed by atoms with E-state index in [2.05, 4.69) is 5.16 Å². The smallest absolute Gasteiger partial charge is 0.329 e. The van der Waals surface area contributed by atoms with Gasteiger partial charge in [0.25, 0.3) is 0 Å². The van der Waals surface area contributed by atoms with Crippen LogP contribution in [0.3, 0.4) is 0 Å². The average molecular weight is 366 g/mol. The van der Waals surface area contributed by atoms with E-state index in [4.69, 9.17) is 10.3 Å². The van der Waals surface area contributed by atoms with Crippen LogP contribution in [0.2, 0.25) is 0 Å². The second kappa shape index (κ2) is 6.12. The van der Waals surface area contributed by atoms with Crippen molar-refractivity contribution in [2.75, 3.05) is 5.73 Å². The molecular formula is C20H19FN4O2. The molecule has 2 aromatic heterocycles. The lowest BCUT2D eigenvalue weighted by molar-refractivity contribution is 0.439. The van der Waals surface area contributed by atoms with Crippen molar-refractivity contribution in [1.29, 1.82) is 0 Å². The highest BCUT2D eigenvalue weighted by atomic mass is 19.1. The van der Waals surface area contributed by atoms with Gasteiger partial charge in [0, 0.05) is 18.7 Å². The number of nitrogen functional groups attached to an aromatic ring is 1. The van der Waals surface area contributed by atoms with Crippen molar-refractivity contribution >= 4 is 16.9 Å². The van der Waals surface area contributed by atoms with Crippen LogP contribution in [0.25, 0.3) is 33.4 Å². The number of imidazole rings is 1. The van der Waals surface area contributed by atoms with Crippen molar-refractivity contribution in [3.05, 3.63) is 58.8 Å². The number of nitrogens with two attached hydrogens (primary N) is 1. The van der Waals surface area contributed by atoms with E-state index in [0.717, 1.165) is 16.6 Å². The first-order valence-corrected chi connectivity index (χ1v) is 8.61. The van der Waals surface area contributed by atoms with Crippen LogP contribution >= 0.6 is 0 Å². The summed E-state index contributed by atoms with van der Waals surface area (Å²) in [7, 11) is 1.73. The Morgan fingerprint density at radius 3 is 2.59 bits per heavy atom. The second-order valence-electron chi connectivity index (χ2n) is 6.79. The molecule has 0 amide bonds. The molecule has 0 unspecified atom stereocenters. The zero-order valence-corrected chi connectivity index (χ0v) is 15.2. The Morgan fingerprint density at radius 1 is 1.11 bits per heavy atom. The van der Waals surface area contributed by atoms with Gasteiger partial charge < -0.3 is 10.3 Å². The lowest BCUT2D eigenvalue weighted by Gasteiger charge is -2.07. The molecule has 0 aliphatic carbocycles. The number of nitrogens with zero attached hydrogens (tertiary/aromatic N) is 3. The van der Waals surface area contributed by atoms with Crippen LogP contribution in [-0.2, 0) is 7.05 Å². The van der Waals surface area contributed by atoms with Crippen LogP contribution in [0.4, 0.5) is 10.3 Å². The first-order valence-electron chi connectivity index (χ1n) is 8.61. The molecule has 4 rings (SSSR count). The van der Waals surface area contributed by atoms with Crippen LogP contribution < -0.4 is 11.4 Å². The highest BCUT2D eigenvalue weighted by molar-refractivity contribution is 5.91. The van der Waals surface area contributed by atoms with Crippen LogP contribution in [0.15, 0.2) is 51.8 Å². The fourth-order valence-corrected chi connectivity index (χ4v) is 3.43. The van der Waals surface area contributed by atoms with Gasteiger partial charge in [0.05, 0.1) is 16.6 Å². The predicted octanol–water partition coefficient (Wildman–Crippen LogP) is 3.96. The van der Waals surface area contributed by atoms with Crippen LogP contribution in [-0.4, -0.2) is 14.3 Å². The Hall–Kier alpha value is -3.35. The summed E-state index contributed by atoms with van der Waals surface area (Å²) in [6.45, 7) is 3.93. The molecule has 2 aromatic carbocycles. The highest BCUT2D eigenvalue weighted by Gasteiger charge is 2.20. The fourth-order valence-electron chi connectivity index (χ4n) is 3.43. The van der Waals surface area contributed by atoms with E-state index in [0.29, 0.717) is 16.8 Å². The zero-order valence-electron chi connectivity index (χ0n) is 15.2. The van der Waals surface area contributed by atoms with Crippen molar-refractivity contribution < 1.29 is 8.91 Å². The van der Waals surface area contributed by atoms with Crippen LogP contribution in [0, 0.1) is 5.82 Å². The van der Waals surface area contributed by atoms with E-state index in [9.17, 15) is 9.18 Å². The summed E-state index contributed by atoms with van der Waals surface area (Å²) in [5.41, 5.74) is 9.90. The number of hydrogen-bond donors (Lipinski definition) is 1. The molecule has 4 aromatic rings. The molecule has 0 spiro atoms. The van der Waals surface area contributed by atoms with E-state index in [1.165, 1.54) is 12.1 Å². The molecule has 2 heterocycles. The number of hydrogen-bond acceptors (Lipinski definition) is 4. The third kappa shape index (κ3) is 2.63. The van der Waals surface area contributed by atoms with Gasteiger partial charge >= 0.3 is 5.69 Å². The minimum absolute atomic E-state index is 0.0376. The summed E-state index contributed by atoms with van der Waals surface area (Å²) in [5, 5.41) is 4.02. The standard InChI is InChI=1S/C20H19FN4O2/c1-11(2)25-15-8-7-12(10-16(15)24(3)20(25)26)17-18(23-27-19(17)22)13-5-4-6-14(21)9-13/h4-11H,22H2,1-3H3. The van der Waals surface area contributed by atoms with E-state index >= 15 is 0 Å². The topological polar surface area (TPSA) is 79.0 Å².